The first kappa shape index (κ1) is 16.7. The number of halogens is 1. The molecule has 1 amide bonds. The lowest BCUT2D eigenvalue weighted by Gasteiger charge is -2.31. The molecular formula is C14H19FN2O4S. The van der Waals surface area contributed by atoms with Gasteiger partial charge in [0.05, 0.1) is 12.0 Å². The Kier molecular flexibility index (Phi) is 5.02. The van der Waals surface area contributed by atoms with Gasteiger partial charge in [0.1, 0.15) is 0 Å². The topological polar surface area (TPSA) is 75.7 Å². The molecule has 0 aliphatic carbocycles. The van der Waals surface area contributed by atoms with Crippen molar-refractivity contribution in [3.05, 3.63) is 24.0 Å². The van der Waals surface area contributed by atoms with Crippen LogP contribution in [0.15, 0.2) is 23.1 Å². The third kappa shape index (κ3) is 3.75. The highest BCUT2D eigenvalue weighted by atomic mass is 32.2. The average molecular weight is 330 g/mol. The summed E-state index contributed by atoms with van der Waals surface area (Å²) in [4.78, 5) is 12.8. The molecule has 122 valence electrons. The number of rotatable bonds is 4. The number of likely N-dealkylation sites (tertiary alicyclic amines) is 1. The van der Waals surface area contributed by atoms with Crippen LogP contribution in [0.5, 0.6) is 5.75 Å². The van der Waals surface area contributed by atoms with E-state index in [1.54, 1.807) is 4.90 Å². The van der Waals surface area contributed by atoms with Crippen LogP contribution in [0.1, 0.15) is 19.8 Å². The lowest BCUT2D eigenvalue weighted by molar-refractivity contribution is -0.129. The minimum atomic E-state index is -3.79. The summed E-state index contributed by atoms with van der Waals surface area (Å²) in [5.41, 5.74) is 0. The Bertz CT molecular complexity index is 655. The highest BCUT2D eigenvalue weighted by molar-refractivity contribution is 7.89. The van der Waals surface area contributed by atoms with Crippen molar-refractivity contribution in [2.45, 2.75) is 30.7 Å². The molecule has 8 heteroatoms. The van der Waals surface area contributed by atoms with E-state index in [0.717, 1.165) is 6.07 Å². The molecule has 1 heterocycles. The highest BCUT2D eigenvalue weighted by Crippen LogP contribution is 2.21. The Balaban J connectivity index is 2.06. The number of hydrogen-bond donors (Lipinski definition) is 1. The van der Waals surface area contributed by atoms with E-state index in [1.165, 1.54) is 26.2 Å². The van der Waals surface area contributed by atoms with Crippen LogP contribution in [-0.4, -0.2) is 45.5 Å². The van der Waals surface area contributed by atoms with E-state index in [1.807, 2.05) is 0 Å². The Labute approximate surface area is 129 Å². The third-order valence-corrected chi connectivity index (χ3v) is 5.21. The Morgan fingerprint density at radius 3 is 2.50 bits per heavy atom. The van der Waals surface area contributed by atoms with Crippen LogP contribution < -0.4 is 9.46 Å². The summed E-state index contributed by atoms with van der Waals surface area (Å²) in [5, 5.41) is 0. The Morgan fingerprint density at radius 2 is 2.00 bits per heavy atom. The second-order valence-corrected chi connectivity index (χ2v) is 6.91. The summed E-state index contributed by atoms with van der Waals surface area (Å²) in [6, 6.07) is 3.26. The number of piperidine rings is 1. The predicted molar refractivity (Wildman–Crippen MR) is 78.5 cm³/mol. The van der Waals surface area contributed by atoms with Gasteiger partial charge in [-0.15, -0.1) is 0 Å². The first-order valence-electron chi connectivity index (χ1n) is 6.95. The zero-order valence-corrected chi connectivity index (χ0v) is 13.3. The van der Waals surface area contributed by atoms with Crippen LogP contribution in [0.2, 0.25) is 0 Å². The van der Waals surface area contributed by atoms with Gasteiger partial charge in [0, 0.05) is 26.1 Å². The second kappa shape index (κ2) is 6.62. The van der Waals surface area contributed by atoms with Gasteiger partial charge in [0.15, 0.2) is 11.6 Å². The summed E-state index contributed by atoms with van der Waals surface area (Å²) < 4.78 is 45.5. The molecule has 1 aromatic carbocycles. The molecule has 0 saturated carbocycles. The molecule has 0 atom stereocenters. The van der Waals surface area contributed by atoms with Crippen LogP contribution in [0.25, 0.3) is 0 Å². The van der Waals surface area contributed by atoms with Crippen LogP contribution >= 0.6 is 0 Å². The fourth-order valence-electron chi connectivity index (χ4n) is 2.41. The monoisotopic (exact) mass is 330 g/mol. The van der Waals surface area contributed by atoms with Crippen molar-refractivity contribution >= 4 is 15.9 Å². The van der Waals surface area contributed by atoms with E-state index in [0.29, 0.717) is 25.9 Å². The number of methoxy groups -OCH3 is 1. The second-order valence-electron chi connectivity index (χ2n) is 5.20. The lowest BCUT2D eigenvalue weighted by atomic mass is 10.1. The number of carbonyl (C=O) groups excluding carboxylic acids is 1. The lowest BCUT2D eigenvalue weighted by Crippen LogP contribution is -2.45. The number of hydrogen-bond acceptors (Lipinski definition) is 4. The average Bonchev–Trinajstić information content (AvgIpc) is 2.47. The normalized spacial score (nSPS) is 16.6. The molecule has 6 nitrogen and oxygen atoms in total. The molecule has 0 spiro atoms. The van der Waals surface area contributed by atoms with Crippen molar-refractivity contribution < 1.29 is 22.3 Å². The van der Waals surface area contributed by atoms with Gasteiger partial charge in [-0.05, 0) is 31.0 Å². The molecular weight excluding hydrogens is 311 g/mol. The number of nitrogens with one attached hydrogen (secondary N) is 1. The summed E-state index contributed by atoms with van der Waals surface area (Å²) in [5.74, 6) is -0.746. The standard InChI is InChI=1S/C14H19FN2O4S/c1-10(18)17-7-5-11(6-8-17)16-22(19,20)12-3-4-14(21-2)13(15)9-12/h3-4,9,11,16H,5-8H2,1-2H3. The van der Waals surface area contributed by atoms with Crippen LogP contribution in [0.4, 0.5) is 4.39 Å². The first-order valence-corrected chi connectivity index (χ1v) is 8.43. The third-order valence-electron chi connectivity index (χ3n) is 3.70. The molecule has 1 saturated heterocycles. The number of benzene rings is 1. The molecule has 22 heavy (non-hydrogen) atoms. The van der Waals surface area contributed by atoms with E-state index in [2.05, 4.69) is 4.72 Å². The molecule has 1 aromatic rings. The van der Waals surface area contributed by atoms with E-state index in [9.17, 15) is 17.6 Å². The summed E-state index contributed by atoms with van der Waals surface area (Å²) >= 11 is 0. The molecule has 1 aliphatic rings. The molecule has 0 radical (unpaired) electrons. The zero-order valence-electron chi connectivity index (χ0n) is 12.5. The summed E-state index contributed by atoms with van der Waals surface area (Å²) in [7, 11) is -2.48. The SMILES string of the molecule is COc1ccc(S(=O)(=O)NC2CCN(C(C)=O)CC2)cc1F. The van der Waals surface area contributed by atoms with Gasteiger partial charge in [0.25, 0.3) is 0 Å². The van der Waals surface area contributed by atoms with Crippen LogP contribution in [0.3, 0.4) is 0 Å². The first-order chi connectivity index (χ1) is 10.3. The summed E-state index contributed by atoms with van der Waals surface area (Å²) in [6.07, 6.45) is 1.08. The minimum absolute atomic E-state index is 0.00582. The van der Waals surface area contributed by atoms with Crippen LogP contribution in [-0.2, 0) is 14.8 Å². The number of carbonyl (C=O) groups is 1. The number of amides is 1. The van der Waals surface area contributed by atoms with Gasteiger partial charge in [-0.2, -0.15) is 0 Å². The molecule has 0 bridgehead atoms. The van der Waals surface area contributed by atoms with Gasteiger partial charge in [0.2, 0.25) is 15.9 Å². The Morgan fingerprint density at radius 1 is 1.36 bits per heavy atom. The number of nitrogens with zero attached hydrogens (tertiary/aromatic N) is 1. The highest BCUT2D eigenvalue weighted by Gasteiger charge is 2.26. The van der Waals surface area contributed by atoms with Crippen molar-refractivity contribution in [1.29, 1.82) is 0 Å². The van der Waals surface area contributed by atoms with Crippen molar-refractivity contribution in [2.24, 2.45) is 0 Å². The maximum absolute atomic E-state index is 13.6. The van der Waals surface area contributed by atoms with E-state index in [4.69, 9.17) is 4.74 Å². The fourth-order valence-corrected chi connectivity index (χ4v) is 3.73. The van der Waals surface area contributed by atoms with E-state index in [-0.39, 0.29) is 22.6 Å². The van der Waals surface area contributed by atoms with Crippen molar-refractivity contribution in [3.8, 4) is 5.75 Å². The maximum atomic E-state index is 13.6. The molecule has 1 aliphatic heterocycles. The molecule has 0 unspecified atom stereocenters. The van der Waals surface area contributed by atoms with E-state index >= 15 is 0 Å². The number of ether oxygens (including phenoxy) is 1. The van der Waals surface area contributed by atoms with E-state index < -0.39 is 15.8 Å². The quantitative estimate of drug-likeness (QED) is 0.898. The van der Waals surface area contributed by atoms with Gasteiger partial charge in [-0.3, -0.25) is 4.79 Å². The van der Waals surface area contributed by atoms with Gasteiger partial charge in [-0.25, -0.2) is 17.5 Å². The Hall–Kier alpha value is -1.67. The van der Waals surface area contributed by atoms with Crippen molar-refractivity contribution in [3.63, 3.8) is 0 Å². The molecule has 1 fully saturated rings. The van der Waals surface area contributed by atoms with Gasteiger partial charge >= 0.3 is 0 Å². The minimum Gasteiger partial charge on any atom is -0.494 e. The van der Waals surface area contributed by atoms with Crippen LogP contribution in [0, 0.1) is 5.82 Å². The number of sulfonamides is 1. The van der Waals surface area contributed by atoms with Crippen molar-refractivity contribution in [2.75, 3.05) is 20.2 Å². The molecule has 2 rings (SSSR count). The van der Waals surface area contributed by atoms with Crippen molar-refractivity contribution in [1.82, 2.24) is 9.62 Å². The largest absolute Gasteiger partial charge is 0.494 e. The molecule has 1 N–H and O–H groups in total. The summed E-state index contributed by atoms with van der Waals surface area (Å²) in [6.45, 7) is 2.52. The maximum Gasteiger partial charge on any atom is 0.240 e. The smallest absolute Gasteiger partial charge is 0.240 e. The van der Waals surface area contributed by atoms with Gasteiger partial charge in [-0.1, -0.05) is 0 Å². The van der Waals surface area contributed by atoms with Gasteiger partial charge < -0.3 is 9.64 Å². The zero-order chi connectivity index (χ0) is 16.3. The predicted octanol–water partition coefficient (Wildman–Crippen LogP) is 1.12. The fraction of sp³-hybridized carbons (Fsp3) is 0.500. The molecule has 0 aromatic heterocycles.